The molecule has 0 aromatic carbocycles. The van der Waals surface area contributed by atoms with Gasteiger partial charge in [0.2, 0.25) is 0 Å². The summed E-state index contributed by atoms with van der Waals surface area (Å²) in [6, 6.07) is 1.11. The number of aliphatic hydroxyl groups is 1. The lowest BCUT2D eigenvalue weighted by Gasteiger charge is -2.70. The molecule has 1 heterocycles. The van der Waals surface area contributed by atoms with Gasteiger partial charge in [0, 0.05) is 23.8 Å². The summed E-state index contributed by atoms with van der Waals surface area (Å²) in [6.45, 7) is 1.31. The highest BCUT2D eigenvalue weighted by molar-refractivity contribution is 6.29. The van der Waals surface area contributed by atoms with E-state index in [0.29, 0.717) is 11.3 Å². The molecule has 5 nitrogen and oxygen atoms in total. The Hall–Kier alpha value is -1.40. The van der Waals surface area contributed by atoms with Crippen LogP contribution in [0.2, 0.25) is 5.15 Å². The van der Waals surface area contributed by atoms with Gasteiger partial charge in [-0.05, 0) is 32.3 Å². The Balaban J connectivity index is 1.72. The normalized spacial score (nSPS) is 30.0. The van der Waals surface area contributed by atoms with E-state index in [2.05, 4.69) is 15.6 Å². The number of amides is 1. The third kappa shape index (κ3) is 2.54. The molecule has 7 heteroatoms. The van der Waals surface area contributed by atoms with Gasteiger partial charge < -0.3 is 15.7 Å². The third-order valence-corrected chi connectivity index (χ3v) is 4.81. The summed E-state index contributed by atoms with van der Waals surface area (Å²) in [5, 5.41) is 15.5. The number of aliphatic hydroxyl groups excluding tert-OH is 1. The predicted octanol–water partition coefficient (Wildman–Crippen LogP) is 2.15. The lowest BCUT2D eigenvalue weighted by atomic mass is 9.39. The average molecular weight is 328 g/mol. The largest absolute Gasteiger partial charge is 0.396 e. The summed E-state index contributed by atoms with van der Waals surface area (Å²) >= 11 is 5.86. The van der Waals surface area contributed by atoms with Crippen molar-refractivity contribution in [3.05, 3.63) is 23.0 Å². The predicted molar refractivity (Wildman–Crippen MR) is 81.9 cm³/mol. The maximum Gasteiger partial charge on any atom is 0.255 e. The van der Waals surface area contributed by atoms with Gasteiger partial charge in [0.05, 0.1) is 17.3 Å². The van der Waals surface area contributed by atoms with Gasteiger partial charge in [-0.1, -0.05) is 11.6 Å². The van der Waals surface area contributed by atoms with Gasteiger partial charge in [-0.25, -0.2) is 9.37 Å². The fourth-order valence-corrected chi connectivity index (χ4v) is 3.80. The number of alkyl halides is 1. The monoisotopic (exact) mass is 327 g/mol. The van der Waals surface area contributed by atoms with Crippen LogP contribution < -0.4 is 10.6 Å². The first-order valence-electron chi connectivity index (χ1n) is 7.32. The SMILES string of the molecule is C[C@@H](CF)Nc1cc(Cl)ncc1C(=O)NC12CC(CO)(C1)C2. The maximum absolute atomic E-state index is 12.7. The summed E-state index contributed by atoms with van der Waals surface area (Å²) in [5.74, 6) is -0.246. The van der Waals surface area contributed by atoms with Crippen molar-refractivity contribution in [2.75, 3.05) is 18.6 Å². The van der Waals surface area contributed by atoms with Gasteiger partial charge in [-0.2, -0.15) is 0 Å². The zero-order valence-corrected chi connectivity index (χ0v) is 13.1. The zero-order chi connectivity index (χ0) is 16.0. The molecule has 22 heavy (non-hydrogen) atoms. The Morgan fingerprint density at radius 1 is 1.55 bits per heavy atom. The summed E-state index contributed by atoms with van der Waals surface area (Å²) in [4.78, 5) is 16.4. The molecule has 0 unspecified atom stereocenters. The number of rotatable bonds is 6. The van der Waals surface area contributed by atoms with Gasteiger partial charge in [-0.15, -0.1) is 0 Å². The van der Waals surface area contributed by atoms with Crippen LogP contribution in [0.4, 0.5) is 10.1 Å². The van der Waals surface area contributed by atoms with Crippen LogP contribution in [0.3, 0.4) is 0 Å². The Labute approximate surface area is 133 Å². The number of pyridine rings is 1. The molecule has 3 aliphatic rings. The molecular weight excluding hydrogens is 309 g/mol. The van der Waals surface area contributed by atoms with Gasteiger partial charge in [-0.3, -0.25) is 4.79 Å². The molecule has 3 N–H and O–H groups in total. The van der Waals surface area contributed by atoms with Crippen LogP contribution >= 0.6 is 11.6 Å². The number of nitrogens with one attached hydrogen (secondary N) is 2. The minimum atomic E-state index is -0.552. The Bertz CT molecular complexity index is 591. The second kappa shape index (κ2) is 5.35. The fraction of sp³-hybridized carbons (Fsp3) is 0.600. The van der Waals surface area contributed by atoms with Crippen LogP contribution in [-0.4, -0.2) is 40.9 Å². The number of hydrogen-bond donors (Lipinski definition) is 3. The van der Waals surface area contributed by atoms with Crippen LogP contribution in [0.25, 0.3) is 0 Å². The smallest absolute Gasteiger partial charge is 0.255 e. The minimum Gasteiger partial charge on any atom is -0.396 e. The molecule has 3 aliphatic carbocycles. The van der Waals surface area contributed by atoms with Crippen molar-refractivity contribution in [2.24, 2.45) is 5.41 Å². The third-order valence-electron chi connectivity index (χ3n) is 4.60. The molecule has 1 atom stereocenters. The van der Waals surface area contributed by atoms with Crippen LogP contribution in [-0.2, 0) is 0 Å². The summed E-state index contributed by atoms with van der Waals surface area (Å²) in [7, 11) is 0. The zero-order valence-electron chi connectivity index (χ0n) is 12.3. The molecule has 1 aromatic heterocycles. The second-order valence-corrected chi connectivity index (χ2v) is 7.06. The number of nitrogens with zero attached hydrogens (tertiary/aromatic N) is 1. The number of carbonyl (C=O) groups is 1. The number of carbonyl (C=O) groups excluding carboxylic acids is 1. The van der Waals surface area contributed by atoms with Crippen LogP contribution in [0.15, 0.2) is 12.3 Å². The first-order valence-corrected chi connectivity index (χ1v) is 7.70. The lowest BCUT2D eigenvalue weighted by molar-refractivity contribution is -0.172. The van der Waals surface area contributed by atoms with Gasteiger partial charge in [0.25, 0.3) is 5.91 Å². The van der Waals surface area contributed by atoms with E-state index in [0.717, 1.165) is 19.3 Å². The molecule has 2 bridgehead atoms. The lowest BCUT2D eigenvalue weighted by Crippen LogP contribution is -2.75. The molecule has 4 rings (SSSR count). The van der Waals surface area contributed by atoms with Crippen molar-refractivity contribution < 1.29 is 14.3 Å². The summed E-state index contributed by atoms with van der Waals surface area (Å²) in [6.07, 6.45) is 3.84. The van der Waals surface area contributed by atoms with Gasteiger partial charge >= 0.3 is 0 Å². The van der Waals surface area contributed by atoms with E-state index in [1.807, 2.05) is 0 Å². The first kappa shape index (κ1) is 15.5. The molecule has 0 aliphatic heterocycles. The number of anilines is 1. The van der Waals surface area contributed by atoms with E-state index >= 15 is 0 Å². The van der Waals surface area contributed by atoms with Gasteiger partial charge in [0.15, 0.2) is 0 Å². The average Bonchev–Trinajstić information content (AvgIpc) is 2.40. The highest BCUT2D eigenvalue weighted by atomic mass is 35.5. The van der Waals surface area contributed by atoms with Crippen molar-refractivity contribution in [3.8, 4) is 0 Å². The van der Waals surface area contributed by atoms with E-state index in [-0.39, 0.29) is 28.6 Å². The van der Waals surface area contributed by atoms with E-state index in [4.69, 9.17) is 11.6 Å². The molecule has 1 aromatic rings. The van der Waals surface area contributed by atoms with E-state index in [1.54, 1.807) is 6.92 Å². The quantitative estimate of drug-likeness (QED) is 0.700. The number of halogens is 2. The molecule has 0 spiro atoms. The van der Waals surface area contributed by atoms with E-state index in [1.165, 1.54) is 12.3 Å². The van der Waals surface area contributed by atoms with Crippen molar-refractivity contribution in [2.45, 2.75) is 37.8 Å². The van der Waals surface area contributed by atoms with Crippen molar-refractivity contribution in [1.82, 2.24) is 10.3 Å². The van der Waals surface area contributed by atoms with Crippen molar-refractivity contribution >= 4 is 23.2 Å². The Morgan fingerprint density at radius 2 is 2.23 bits per heavy atom. The fourth-order valence-electron chi connectivity index (χ4n) is 3.64. The molecule has 120 valence electrons. The molecule has 3 fully saturated rings. The first-order chi connectivity index (χ1) is 10.4. The standard InChI is InChI=1S/C15H19ClFN3O2/c1-9(3-17)19-11-2-12(16)18-4-10(11)13(22)20-15-5-14(6-15,7-15)8-21/h2,4,9,21H,3,5-8H2,1H3,(H,18,19)(H,20,22)/t9-,14?,15?/m0/s1. The van der Waals surface area contributed by atoms with Gasteiger partial charge in [0.1, 0.15) is 11.8 Å². The number of hydrogen-bond acceptors (Lipinski definition) is 4. The molecule has 0 saturated heterocycles. The number of aromatic nitrogens is 1. The van der Waals surface area contributed by atoms with Crippen molar-refractivity contribution in [3.63, 3.8) is 0 Å². The minimum absolute atomic E-state index is 0.0232. The molecular formula is C15H19ClFN3O2. The Morgan fingerprint density at radius 3 is 2.82 bits per heavy atom. The highest BCUT2D eigenvalue weighted by Crippen LogP contribution is 2.66. The van der Waals surface area contributed by atoms with Crippen LogP contribution in [0.1, 0.15) is 36.5 Å². The summed E-state index contributed by atoms with van der Waals surface area (Å²) in [5.41, 5.74) is 0.663. The maximum atomic E-state index is 12.7. The van der Waals surface area contributed by atoms with Crippen molar-refractivity contribution in [1.29, 1.82) is 0 Å². The highest BCUT2D eigenvalue weighted by Gasteiger charge is 2.68. The van der Waals surface area contributed by atoms with Crippen LogP contribution in [0, 0.1) is 5.41 Å². The second-order valence-electron chi connectivity index (χ2n) is 6.68. The topological polar surface area (TPSA) is 74.2 Å². The Kier molecular flexibility index (Phi) is 3.77. The molecule has 1 amide bonds. The van der Waals surface area contributed by atoms with E-state index in [9.17, 15) is 14.3 Å². The summed E-state index contributed by atoms with van der Waals surface area (Å²) < 4.78 is 12.7. The molecule has 3 saturated carbocycles. The van der Waals surface area contributed by atoms with E-state index < -0.39 is 12.7 Å². The molecule has 0 radical (unpaired) electrons. The van der Waals surface area contributed by atoms with Crippen LogP contribution in [0.5, 0.6) is 0 Å².